The van der Waals surface area contributed by atoms with Crippen LogP contribution in [-0.2, 0) is 4.79 Å². The van der Waals surface area contributed by atoms with Crippen molar-refractivity contribution in [3.05, 3.63) is 59.3 Å². The minimum atomic E-state index is -3.03. The van der Waals surface area contributed by atoms with E-state index in [2.05, 4.69) is 20.3 Å². The highest BCUT2D eigenvalue weighted by Crippen LogP contribution is 2.70. The molecule has 4 saturated carbocycles. The molecule has 2 atom stereocenters. The first-order chi connectivity index (χ1) is 20.8. The molecule has 13 heteroatoms. The van der Waals surface area contributed by atoms with Gasteiger partial charge in [-0.1, -0.05) is 12.1 Å². The van der Waals surface area contributed by atoms with Crippen LogP contribution in [0.15, 0.2) is 36.4 Å². The molecule has 3 aromatic rings. The zero-order valence-electron chi connectivity index (χ0n) is 23.7. The number of halogens is 6. The number of piperidine rings is 1. The summed E-state index contributed by atoms with van der Waals surface area (Å²) in [7, 11) is 0. The highest BCUT2D eigenvalue weighted by Gasteiger charge is 2.74. The van der Waals surface area contributed by atoms with Gasteiger partial charge in [-0.25, -0.2) is 36.3 Å². The predicted octanol–water partition coefficient (Wildman–Crippen LogP) is 6.58. The lowest BCUT2D eigenvalue weighted by molar-refractivity contribution is -0.227. The van der Waals surface area contributed by atoms with Crippen molar-refractivity contribution in [2.45, 2.75) is 87.4 Å². The number of aromatic nitrogens is 3. The van der Waals surface area contributed by atoms with Crippen LogP contribution in [0.3, 0.4) is 0 Å². The number of H-pyrrole nitrogens is 1. The van der Waals surface area contributed by atoms with Gasteiger partial charge in [0.05, 0.1) is 34.3 Å². The average molecular weight is 620 g/mol. The van der Waals surface area contributed by atoms with E-state index in [0.717, 1.165) is 6.07 Å². The Morgan fingerprint density at radius 3 is 2.32 bits per heavy atom. The van der Waals surface area contributed by atoms with Crippen molar-refractivity contribution in [1.29, 1.82) is 0 Å². The standard InChI is InChI=1S/C31H31F6N5O2/c32-19-4-2-1-3-18(19)26(43)40-23(17-7-9-30(34,35)10-8-17)25-39-21-6-5-20(38-24(21)41-25)22-13-31(36,37)11-12-42(22)27(44)28-14-29(33,15-28)16-28/h1-6,17,22-23H,7-16H2,(H,40,43)(H,38,39,41)/t22-,23-,28?,29?/m0/s1. The molecule has 0 radical (unpaired) electrons. The number of aromatic amines is 1. The van der Waals surface area contributed by atoms with Crippen LogP contribution in [0.25, 0.3) is 11.2 Å². The number of carbonyl (C=O) groups excluding carboxylic acids is 2. The molecule has 2 aromatic heterocycles. The average Bonchev–Trinajstić information content (AvgIpc) is 3.36. The number of carbonyl (C=O) groups is 2. The topological polar surface area (TPSA) is 91.0 Å². The van der Waals surface area contributed by atoms with Gasteiger partial charge >= 0.3 is 0 Å². The van der Waals surface area contributed by atoms with E-state index < -0.39 is 65.5 Å². The van der Waals surface area contributed by atoms with E-state index in [4.69, 9.17) is 0 Å². The maximum atomic E-state index is 14.6. The number of imidazole rings is 1. The number of hydrogen-bond acceptors (Lipinski definition) is 4. The molecule has 7 nitrogen and oxygen atoms in total. The normalized spacial score (nSPS) is 29.9. The first-order valence-electron chi connectivity index (χ1n) is 14.9. The van der Waals surface area contributed by atoms with Gasteiger partial charge in [-0.15, -0.1) is 0 Å². The third-order valence-electron chi connectivity index (χ3n) is 9.93. The summed E-state index contributed by atoms with van der Waals surface area (Å²) in [6.07, 6.45) is -1.38. The highest BCUT2D eigenvalue weighted by molar-refractivity contribution is 5.94. The van der Waals surface area contributed by atoms with Crippen molar-refractivity contribution in [3.63, 3.8) is 0 Å². The Bertz CT molecular complexity index is 1610. The quantitative estimate of drug-likeness (QED) is 0.305. The highest BCUT2D eigenvalue weighted by atomic mass is 19.3. The summed E-state index contributed by atoms with van der Waals surface area (Å²) in [5.74, 6) is -7.87. The molecule has 234 valence electrons. The lowest BCUT2D eigenvalue weighted by Gasteiger charge is -2.65. The Morgan fingerprint density at radius 1 is 0.932 bits per heavy atom. The molecule has 4 aliphatic carbocycles. The first kappa shape index (κ1) is 29.1. The van der Waals surface area contributed by atoms with Gasteiger partial charge < -0.3 is 15.2 Å². The van der Waals surface area contributed by atoms with Crippen LogP contribution in [-0.4, -0.2) is 55.7 Å². The van der Waals surface area contributed by atoms with Gasteiger partial charge in [0.1, 0.15) is 17.3 Å². The van der Waals surface area contributed by atoms with E-state index in [1.807, 2.05) is 0 Å². The van der Waals surface area contributed by atoms with Crippen LogP contribution in [0.2, 0.25) is 0 Å². The molecule has 3 heterocycles. The molecule has 5 aliphatic rings. The number of benzene rings is 1. The van der Waals surface area contributed by atoms with Crippen molar-refractivity contribution >= 4 is 23.0 Å². The largest absolute Gasteiger partial charge is 0.342 e. The summed E-state index contributed by atoms with van der Waals surface area (Å²) in [6.45, 7) is -0.181. The number of rotatable bonds is 6. The van der Waals surface area contributed by atoms with Gasteiger partial charge in [-0.3, -0.25) is 9.59 Å². The monoisotopic (exact) mass is 619 g/mol. The van der Waals surface area contributed by atoms with Crippen LogP contribution in [0.1, 0.15) is 91.7 Å². The third-order valence-corrected chi connectivity index (χ3v) is 9.93. The maximum Gasteiger partial charge on any atom is 0.254 e. The van der Waals surface area contributed by atoms with Gasteiger partial charge in [-0.05, 0) is 62.3 Å². The molecule has 0 unspecified atom stereocenters. The van der Waals surface area contributed by atoms with Crippen LogP contribution >= 0.6 is 0 Å². The molecule has 1 aliphatic heterocycles. The molecule has 2 amide bonds. The first-order valence-corrected chi connectivity index (χ1v) is 14.9. The van der Waals surface area contributed by atoms with Crippen molar-refractivity contribution in [1.82, 2.24) is 25.2 Å². The van der Waals surface area contributed by atoms with Gasteiger partial charge in [-0.2, -0.15) is 0 Å². The van der Waals surface area contributed by atoms with Gasteiger partial charge in [0, 0.05) is 32.2 Å². The fourth-order valence-corrected chi connectivity index (χ4v) is 7.57. The van der Waals surface area contributed by atoms with E-state index in [1.165, 1.54) is 29.2 Å². The minimum Gasteiger partial charge on any atom is -0.342 e. The molecule has 1 saturated heterocycles. The van der Waals surface area contributed by atoms with Gasteiger partial charge in [0.15, 0.2) is 5.65 Å². The molecule has 0 spiro atoms. The number of nitrogens with one attached hydrogen (secondary N) is 2. The summed E-state index contributed by atoms with van der Waals surface area (Å²) >= 11 is 0. The SMILES string of the molecule is O=C(N[C@H](c1nc2nc([C@@H]3CC(F)(F)CCN3C(=O)C34CC(F)(C3)C4)ccc2[nH]1)C1CCC(F)(F)CC1)c1ccccc1F. The maximum absolute atomic E-state index is 14.6. The second kappa shape index (κ2) is 9.93. The second-order valence-electron chi connectivity index (χ2n) is 13.1. The smallest absolute Gasteiger partial charge is 0.254 e. The molecule has 44 heavy (non-hydrogen) atoms. The number of amides is 2. The molecular weight excluding hydrogens is 588 g/mol. The zero-order chi connectivity index (χ0) is 31.1. The zero-order valence-corrected chi connectivity index (χ0v) is 23.7. The minimum absolute atomic E-state index is 0.0844. The summed E-state index contributed by atoms with van der Waals surface area (Å²) in [4.78, 5) is 40.1. The number of pyridine rings is 1. The number of nitrogens with zero attached hydrogens (tertiary/aromatic N) is 3. The summed E-state index contributed by atoms with van der Waals surface area (Å²) < 4.78 is 85.9. The second-order valence-corrected chi connectivity index (χ2v) is 13.1. The third kappa shape index (κ3) is 5.01. The number of likely N-dealkylation sites (tertiary alicyclic amines) is 1. The van der Waals surface area contributed by atoms with Crippen molar-refractivity contribution in [2.75, 3.05) is 6.54 Å². The van der Waals surface area contributed by atoms with Crippen molar-refractivity contribution in [3.8, 4) is 0 Å². The fourth-order valence-electron chi connectivity index (χ4n) is 7.57. The van der Waals surface area contributed by atoms with E-state index in [1.54, 1.807) is 6.07 Å². The fraction of sp³-hybridized carbons (Fsp3) is 0.548. The molecular formula is C31H31F6N5O2. The van der Waals surface area contributed by atoms with Gasteiger partial charge in [0.25, 0.3) is 11.8 Å². The molecule has 8 rings (SSSR count). The lowest BCUT2D eigenvalue weighted by Crippen LogP contribution is -2.71. The van der Waals surface area contributed by atoms with Crippen LogP contribution in [0.5, 0.6) is 0 Å². The van der Waals surface area contributed by atoms with Crippen LogP contribution < -0.4 is 5.32 Å². The Labute approximate surface area is 248 Å². The number of hydrogen-bond donors (Lipinski definition) is 2. The Balaban J connectivity index is 1.19. The number of fused-ring (bicyclic) bond motifs is 1. The van der Waals surface area contributed by atoms with E-state index in [9.17, 15) is 35.9 Å². The van der Waals surface area contributed by atoms with Crippen LogP contribution in [0, 0.1) is 17.2 Å². The van der Waals surface area contributed by atoms with E-state index in [0.29, 0.717) is 5.52 Å². The predicted molar refractivity (Wildman–Crippen MR) is 146 cm³/mol. The van der Waals surface area contributed by atoms with Gasteiger partial charge in [0.2, 0.25) is 11.8 Å². The molecule has 2 N–H and O–H groups in total. The number of alkyl halides is 5. The molecule has 1 aromatic carbocycles. The lowest BCUT2D eigenvalue weighted by atomic mass is 9.41. The van der Waals surface area contributed by atoms with Crippen molar-refractivity contribution < 1.29 is 35.9 Å². The Morgan fingerprint density at radius 2 is 1.64 bits per heavy atom. The Kier molecular flexibility index (Phi) is 6.57. The summed E-state index contributed by atoms with van der Waals surface area (Å²) in [5.41, 5.74) is -1.61. The van der Waals surface area contributed by atoms with E-state index >= 15 is 0 Å². The Hall–Kier alpha value is -3.64. The van der Waals surface area contributed by atoms with Crippen molar-refractivity contribution in [2.24, 2.45) is 11.3 Å². The van der Waals surface area contributed by atoms with Crippen LogP contribution in [0.4, 0.5) is 26.3 Å². The molecule has 5 fully saturated rings. The van der Waals surface area contributed by atoms with E-state index in [-0.39, 0.29) is 80.1 Å². The summed E-state index contributed by atoms with van der Waals surface area (Å²) in [6, 6.07) is 6.60. The summed E-state index contributed by atoms with van der Waals surface area (Å²) in [5, 5.41) is 2.77. The molecule has 2 bridgehead atoms.